The van der Waals surface area contributed by atoms with Gasteiger partial charge in [-0.25, -0.2) is 4.79 Å². The van der Waals surface area contributed by atoms with E-state index in [1.165, 1.54) is 6.07 Å². The van der Waals surface area contributed by atoms with Crippen molar-refractivity contribution in [1.82, 2.24) is 0 Å². The molecule has 0 heterocycles. The molecular weight excluding hydrogens is 228 g/mol. The first kappa shape index (κ1) is 12.2. The molecule has 0 spiro atoms. The van der Waals surface area contributed by atoms with Gasteiger partial charge in [-0.2, -0.15) is 0 Å². The Balaban J connectivity index is 2.35. The van der Waals surface area contributed by atoms with Gasteiger partial charge in [0.1, 0.15) is 11.3 Å². The predicted octanol–water partition coefficient (Wildman–Crippen LogP) is 2.99. The van der Waals surface area contributed by atoms with E-state index in [-0.39, 0.29) is 11.3 Å². The summed E-state index contributed by atoms with van der Waals surface area (Å²) in [5, 5.41) is 18.8. The van der Waals surface area contributed by atoms with E-state index >= 15 is 0 Å². The number of carbonyl (C=O) groups is 1. The molecule has 0 fully saturated rings. The van der Waals surface area contributed by atoms with Gasteiger partial charge in [-0.15, -0.1) is 0 Å². The number of para-hydroxylation sites is 1. The van der Waals surface area contributed by atoms with Crippen LogP contribution in [0.3, 0.4) is 0 Å². The van der Waals surface area contributed by atoms with Crippen molar-refractivity contribution in [2.45, 2.75) is 13.3 Å². The monoisotopic (exact) mass is 242 g/mol. The van der Waals surface area contributed by atoms with Crippen molar-refractivity contribution >= 4 is 5.97 Å². The molecule has 2 aromatic rings. The van der Waals surface area contributed by atoms with Crippen molar-refractivity contribution in [1.29, 1.82) is 0 Å². The van der Waals surface area contributed by atoms with E-state index in [1.807, 2.05) is 31.2 Å². The Kier molecular flexibility index (Phi) is 3.33. The summed E-state index contributed by atoms with van der Waals surface area (Å²) in [7, 11) is 0. The molecule has 0 aliphatic heterocycles. The fourth-order valence-corrected chi connectivity index (χ4v) is 1.95. The van der Waals surface area contributed by atoms with Gasteiger partial charge in [0.05, 0.1) is 0 Å². The molecule has 0 unspecified atom stereocenters. The summed E-state index contributed by atoms with van der Waals surface area (Å²) in [6, 6.07) is 12.7. The highest BCUT2D eigenvalue weighted by molar-refractivity contribution is 5.91. The van der Waals surface area contributed by atoms with E-state index in [1.54, 1.807) is 12.1 Å². The average Bonchev–Trinajstić information content (AvgIpc) is 2.31. The van der Waals surface area contributed by atoms with Crippen LogP contribution in [-0.2, 0) is 6.42 Å². The maximum atomic E-state index is 10.9. The number of hydrogen-bond donors (Lipinski definition) is 2. The van der Waals surface area contributed by atoms with Crippen LogP contribution < -0.4 is 0 Å². The number of carboxylic acid groups (broad SMARTS) is 1. The fourth-order valence-electron chi connectivity index (χ4n) is 1.95. The molecule has 3 nitrogen and oxygen atoms in total. The van der Waals surface area contributed by atoms with Crippen molar-refractivity contribution in [3.05, 3.63) is 64.7 Å². The number of aromatic carboxylic acids is 1. The molecule has 92 valence electrons. The third kappa shape index (κ3) is 2.51. The Morgan fingerprint density at radius 2 is 1.89 bits per heavy atom. The second kappa shape index (κ2) is 4.92. The lowest BCUT2D eigenvalue weighted by atomic mass is 10.0. The molecule has 0 atom stereocenters. The normalized spacial score (nSPS) is 10.3. The summed E-state index contributed by atoms with van der Waals surface area (Å²) < 4.78 is 0. The summed E-state index contributed by atoms with van der Waals surface area (Å²) >= 11 is 0. The van der Waals surface area contributed by atoms with Crippen molar-refractivity contribution < 1.29 is 15.0 Å². The molecular formula is C15H14O3. The molecule has 0 saturated heterocycles. The van der Waals surface area contributed by atoms with Gasteiger partial charge in [0.15, 0.2) is 0 Å². The van der Waals surface area contributed by atoms with E-state index in [9.17, 15) is 9.90 Å². The lowest BCUT2D eigenvalue weighted by Gasteiger charge is -2.07. The van der Waals surface area contributed by atoms with Crippen LogP contribution in [0.2, 0.25) is 0 Å². The molecule has 0 aromatic heterocycles. The Morgan fingerprint density at radius 3 is 2.56 bits per heavy atom. The Morgan fingerprint density at radius 1 is 1.17 bits per heavy atom. The first-order chi connectivity index (χ1) is 8.58. The lowest BCUT2D eigenvalue weighted by Crippen LogP contribution is -1.99. The van der Waals surface area contributed by atoms with Gasteiger partial charge in [-0.3, -0.25) is 0 Å². The van der Waals surface area contributed by atoms with E-state index in [0.29, 0.717) is 12.0 Å². The smallest absolute Gasteiger partial charge is 0.339 e. The van der Waals surface area contributed by atoms with Crippen LogP contribution in [0, 0.1) is 6.92 Å². The number of carboxylic acids is 1. The summed E-state index contributed by atoms with van der Waals surface area (Å²) in [4.78, 5) is 10.9. The maximum absolute atomic E-state index is 10.9. The molecule has 18 heavy (non-hydrogen) atoms. The van der Waals surface area contributed by atoms with Gasteiger partial charge < -0.3 is 10.2 Å². The molecule has 0 aliphatic carbocycles. The van der Waals surface area contributed by atoms with Gasteiger partial charge in [0, 0.05) is 6.42 Å². The predicted molar refractivity (Wildman–Crippen MR) is 69.1 cm³/mol. The zero-order valence-corrected chi connectivity index (χ0v) is 10.1. The molecule has 0 bridgehead atoms. The Bertz CT molecular complexity index is 588. The van der Waals surface area contributed by atoms with Gasteiger partial charge in [-0.1, -0.05) is 42.0 Å². The zero-order valence-electron chi connectivity index (χ0n) is 10.1. The fraction of sp³-hybridized carbons (Fsp3) is 0.133. The minimum atomic E-state index is -1.11. The number of aromatic hydroxyl groups is 1. The molecule has 0 saturated carbocycles. The molecule has 0 radical (unpaired) electrons. The van der Waals surface area contributed by atoms with E-state index in [4.69, 9.17) is 5.11 Å². The maximum Gasteiger partial charge on any atom is 0.339 e. The van der Waals surface area contributed by atoms with Gasteiger partial charge in [0.2, 0.25) is 0 Å². The molecule has 0 aliphatic rings. The molecule has 0 amide bonds. The van der Waals surface area contributed by atoms with Gasteiger partial charge in [-0.05, 0) is 24.1 Å². The molecule has 2 N–H and O–H groups in total. The highest BCUT2D eigenvalue weighted by atomic mass is 16.4. The third-order valence-electron chi connectivity index (χ3n) is 2.83. The van der Waals surface area contributed by atoms with Crippen molar-refractivity contribution in [2.24, 2.45) is 0 Å². The minimum Gasteiger partial charge on any atom is -0.507 e. The van der Waals surface area contributed by atoms with E-state index in [2.05, 4.69) is 0 Å². The van der Waals surface area contributed by atoms with Crippen molar-refractivity contribution in [2.75, 3.05) is 0 Å². The first-order valence-electron chi connectivity index (χ1n) is 5.67. The van der Waals surface area contributed by atoms with E-state index in [0.717, 1.165) is 11.1 Å². The molecule has 2 aromatic carbocycles. The number of hydrogen-bond acceptors (Lipinski definition) is 2. The second-order valence-electron chi connectivity index (χ2n) is 4.28. The highest BCUT2D eigenvalue weighted by Gasteiger charge is 2.12. The standard InChI is InChI=1S/C15H14O3/c1-10-4-2-5-11(8-10)9-12-6-3-7-13(14(12)16)15(17)18/h2-8,16H,9H2,1H3,(H,17,18). The van der Waals surface area contributed by atoms with Crippen LogP contribution in [0.1, 0.15) is 27.0 Å². The second-order valence-corrected chi connectivity index (χ2v) is 4.28. The lowest BCUT2D eigenvalue weighted by molar-refractivity contribution is 0.0693. The average molecular weight is 242 g/mol. The van der Waals surface area contributed by atoms with Crippen LogP contribution in [-0.4, -0.2) is 16.2 Å². The number of phenols is 1. The SMILES string of the molecule is Cc1cccc(Cc2cccc(C(=O)O)c2O)c1. The quantitative estimate of drug-likeness (QED) is 0.869. The van der Waals surface area contributed by atoms with Crippen LogP contribution >= 0.6 is 0 Å². The number of benzene rings is 2. The van der Waals surface area contributed by atoms with Crippen LogP contribution in [0.25, 0.3) is 0 Å². The van der Waals surface area contributed by atoms with Gasteiger partial charge in [0.25, 0.3) is 0 Å². The Labute approximate surface area is 105 Å². The van der Waals surface area contributed by atoms with E-state index < -0.39 is 5.97 Å². The first-order valence-corrected chi connectivity index (χ1v) is 5.67. The Hall–Kier alpha value is -2.29. The van der Waals surface area contributed by atoms with Gasteiger partial charge >= 0.3 is 5.97 Å². The third-order valence-corrected chi connectivity index (χ3v) is 2.83. The summed E-state index contributed by atoms with van der Waals surface area (Å²) in [6.07, 6.45) is 0.522. The van der Waals surface area contributed by atoms with Crippen LogP contribution in [0.5, 0.6) is 5.75 Å². The van der Waals surface area contributed by atoms with Crippen LogP contribution in [0.15, 0.2) is 42.5 Å². The minimum absolute atomic E-state index is 0.0554. The largest absolute Gasteiger partial charge is 0.507 e. The summed E-state index contributed by atoms with van der Waals surface area (Å²) in [5.74, 6) is -1.26. The number of rotatable bonds is 3. The number of aryl methyl sites for hydroxylation is 1. The van der Waals surface area contributed by atoms with Crippen molar-refractivity contribution in [3.63, 3.8) is 0 Å². The van der Waals surface area contributed by atoms with Crippen LogP contribution in [0.4, 0.5) is 0 Å². The topological polar surface area (TPSA) is 57.5 Å². The summed E-state index contributed by atoms with van der Waals surface area (Å²) in [5.41, 5.74) is 2.76. The zero-order chi connectivity index (χ0) is 13.1. The van der Waals surface area contributed by atoms with Crippen molar-refractivity contribution in [3.8, 4) is 5.75 Å². The summed E-state index contributed by atoms with van der Waals surface area (Å²) in [6.45, 7) is 2.00. The molecule has 3 heteroatoms. The highest BCUT2D eigenvalue weighted by Crippen LogP contribution is 2.25. The molecule has 2 rings (SSSR count).